The first kappa shape index (κ1) is 13.7. The van der Waals surface area contributed by atoms with Gasteiger partial charge in [-0.1, -0.05) is 18.2 Å². The van der Waals surface area contributed by atoms with Crippen LogP contribution in [-0.2, 0) is 24.2 Å². The van der Waals surface area contributed by atoms with Gasteiger partial charge >= 0.3 is 5.97 Å². The predicted molar refractivity (Wildman–Crippen MR) is 80.6 cm³/mol. The maximum atomic E-state index is 11.4. The number of fused-ring (bicyclic) bond motifs is 1. The van der Waals surface area contributed by atoms with Gasteiger partial charge in [-0.15, -0.1) is 0 Å². The van der Waals surface area contributed by atoms with Gasteiger partial charge in [-0.3, -0.25) is 0 Å². The van der Waals surface area contributed by atoms with E-state index >= 15 is 0 Å². The summed E-state index contributed by atoms with van der Waals surface area (Å²) in [6, 6.07) is 13.6. The highest BCUT2D eigenvalue weighted by molar-refractivity contribution is 5.89. The molecule has 0 amide bonds. The van der Waals surface area contributed by atoms with E-state index in [-0.39, 0.29) is 5.97 Å². The SMILES string of the molecule is COC(=O)c1ccc(COc2ccc3c(c2)CCC3)cc1. The molecule has 0 fully saturated rings. The molecule has 21 heavy (non-hydrogen) atoms. The normalized spacial score (nSPS) is 12.8. The highest BCUT2D eigenvalue weighted by Crippen LogP contribution is 2.26. The van der Waals surface area contributed by atoms with Crippen LogP contribution >= 0.6 is 0 Å². The van der Waals surface area contributed by atoms with Gasteiger partial charge in [0.2, 0.25) is 0 Å². The van der Waals surface area contributed by atoms with Crippen LogP contribution in [0.15, 0.2) is 42.5 Å². The number of benzene rings is 2. The third-order valence-corrected chi connectivity index (χ3v) is 3.85. The van der Waals surface area contributed by atoms with Crippen molar-refractivity contribution in [2.24, 2.45) is 0 Å². The zero-order valence-electron chi connectivity index (χ0n) is 12.1. The van der Waals surface area contributed by atoms with Crippen LogP contribution in [0.2, 0.25) is 0 Å². The van der Waals surface area contributed by atoms with Gasteiger partial charge in [-0.05, 0) is 60.2 Å². The van der Waals surface area contributed by atoms with Crippen molar-refractivity contribution in [1.29, 1.82) is 0 Å². The molecule has 108 valence electrons. The molecule has 0 atom stereocenters. The molecule has 2 aromatic carbocycles. The highest BCUT2D eigenvalue weighted by atomic mass is 16.5. The number of ether oxygens (including phenoxy) is 2. The molecule has 1 aliphatic rings. The third kappa shape index (κ3) is 3.07. The highest BCUT2D eigenvalue weighted by Gasteiger charge is 2.11. The van der Waals surface area contributed by atoms with Crippen LogP contribution in [0.4, 0.5) is 0 Å². The van der Waals surface area contributed by atoms with Gasteiger partial charge in [0.1, 0.15) is 12.4 Å². The standard InChI is InChI=1S/C18H18O3/c1-20-18(19)15-7-5-13(6-8-15)12-21-17-10-9-14-3-2-4-16(14)11-17/h5-11H,2-4,12H2,1H3. The van der Waals surface area contributed by atoms with Gasteiger partial charge in [0, 0.05) is 0 Å². The number of carbonyl (C=O) groups excluding carboxylic acids is 1. The van der Waals surface area contributed by atoms with Crippen molar-refractivity contribution in [3.8, 4) is 5.75 Å². The monoisotopic (exact) mass is 282 g/mol. The molecule has 0 spiro atoms. The lowest BCUT2D eigenvalue weighted by molar-refractivity contribution is 0.0600. The summed E-state index contributed by atoms with van der Waals surface area (Å²) >= 11 is 0. The quantitative estimate of drug-likeness (QED) is 0.805. The largest absolute Gasteiger partial charge is 0.489 e. The topological polar surface area (TPSA) is 35.5 Å². The van der Waals surface area contributed by atoms with Crippen LogP contribution in [0.5, 0.6) is 5.75 Å². The summed E-state index contributed by atoms with van der Waals surface area (Å²) in [7, 11) is 1.38. The summed E-state index contributed by atoms with van der Waals surface area (Å²) in [5, 5.41) is 0. The molecule has 0 radical (unpaired) electrons. The zero-order valence-corrected chi connectivity index (χ0v) is 12.1. The Morgan fingerprint density at radius 1 is 1.05 bits per heavy atom. The lowest BCUT2D eigenvalue weighted by atomic mass is 10.1. The minimum absolute atomic E-state index is 0.318. The maximum absolute atomic E-state index is 11.4. The molecule has 0 saturated heterocycles. The van der Waals surface area contributed by atoms with Gasteiger partial charge in [0.15, 0.2) is 0 Å². The zero-order chi connectivity index (χ0) is 14.7. The van der Waals surface area contributed by atoms with Crippen molar-refractivity contribution in [3.05, 3.63) is 64.7 Å². The van der Waals surface area contributed by atoms with E-state index in [9.17, 15) is 4.79 Å². The Hall–Kier alpha value is -2.29. The molecule has 2 aromatic rings. The molecule has 0 heterocycles. The lowest BCUT2D eigenvalue weighted by Crippen LogP contribution is -2.02. The fourth-order valence-corrected chi connectivity index (χ4v) is 2.66. The van der Waals surface area contributed by atoms with E-state index in [0.29, 0.717) is 12.2 Å². The van der Waals surface area contributed by atoms with Crippen LogP contribution in [-0.4, -0.2) is 13.1 Å². The number of rotatable bonds is 4. The minimum Gasteiger partial charge on any atom is -0.489 e. The first-order chi connectivity index (χ1) is 10.3. The summed E-state index contributed by atoms with van der Waals surface area (Å²) in [5.74, 6) is 0.591. The van der Waals surface area contributed by atoms with E-state index in [1.165, 1.54) is 31.1 Å². The molecule has 0 unspecified atom stereocenters. The fraction of sp³-hybridized carbons (Fsp3) is 0.278. The number of carbonyl (C=O) groups is 1. The molecule has 0 saturated carbocycles. The molecule has 1 aliphatic carbocycles. The molecular formula is C18H18O3. The van der Waals surface area contributed by atoms with Gasteiger partial charge in [0.05, 0.1) is 12.7 Å². The number of hydrogen-bond donors (Lipinski definition) is 0. The van der Waals surface area contributed by atoms with E-state index in [2.05, 4.69) is 16.9 Å². The van der Waals surface area contributed by atoms with Crippen LogP contribution in [0, 0.1) is 0 Å². The summed E-state index contributed by atoms with van der Waals surface area (Å²) < 4.78 is 10.5. The van der Waals surface area contributed by atoms with Crippen molar-refractivity contribution in [2.45, 2.75) is 25.9 Å². The molecule has 0 N–H and O–H groups in total. The number of hydrogen-bond acceptors (Lipinski definition) is 3. The molecule has 0 aromatic heterocycles. The second kappa shape index (κ2) is 6.00. The second-order valence-electron chi connectivity index (χ2n) is 5.26. The molecule has 0 aliphatic heterocycles. The smallest absolute Gasteiger partial charge is 0.337 e. The van der Waals surface area contributed by atoms with Crippen LogP contribution in [0.25, 0.3) is 0 Å². The minimum atomic E-state index is -0.318. The van der Waals surface area contributed by atoms with Gasteiger partial charge in [0.25, 0.3) is 0 Å². The Labute approximate surface area is 124 Å². The lowest BCUT2D eigenvalue weighted by Gasteiger charge is -2.08. The first-order valence-electron chi connectivity index (χ1n) is 7.18. The van der Waals surface area contributed by atoms with Crippen molar-refractivity contribution in [2.75, 3.05) is 7.11 Å². The van der Waals surface area contributed by atoms with Gasteiger partial charge in [-0.25, -0.2) is 4.79 Å². The average Bonchev–Trinajstić information content (AvgIpc) is 3.00. The summed E-state index contributed by atoms with van der Waals surface area (Å²) in [5.41, 5.74) is 4.44. The molecule has 3 nitrogen and oxygen atoms in total. The maximum Gasteiger partial charge on any atom is 0.337 e. The van der Waals surface area contributed by atoms with Crippen LogP contribution in [0.3, 0.4) is 0 Å². The summed E-state index contributed by atoms with van der Waals surface area (Å²) in [6.07, 6.45) is 3.58. The van der Waals surface area contributed by atoms with E-state index in [4.69, 9.17) is 4.74 Å². The van der Waals surface area contributed by atoms with Crippen molar-refractivity contribution >= 4 is 5.97 Å². The number of aryl methyl sites for hydroxylation is 2. The number of methoxy groups -OCH3 is 1. The van der Waals surface area contributed by atoms with Crippen molar-refractivity contribution in [3.63, 3.8) is 0 Å². The van der Waals surface area contributed by atoms with Crippen molar-refractivity contribution < 1.29 is 14.3 Å². The Morgan fingerprint density at radius 2 is 1.81 bits per heavy atom. The molecular weight excluding hydrogens is 264 g/mol. The Bertz CT molecular complexity index is 644. The van der Waals surface area contributed by atoms with Crippen LogP contribution < -0.4 is 4.74 Å². The molecule has 3 heteroatoms. The first-order valence-corrected chi connectivity index (χ1v) is 7.18. The van der Waals surface area contributed by atoms with Gasteiger partial charge in [-0.2, -0.15) is 0 Å². The van der Waals surface area contributed by atoms with Gasteiger partial charge < -0.3 is 9.47 Å². The second-order valence-corrected chi connectivity index (χ2v) is 5.26. The Morgan fingerprint density at radius 3 is 2.57 bits per heavy atom. The van der Waals surface area contributed by atoms with E-state index in [0.717, 1.165) is 17.7 Å². The van der Waals surface area contributed by atoms with E-state index < -0.39 is 0 Å². The fourth-order valence-electron chi connectivity index (χ4n) is 2.66. The van der Waals surface area contributed by atoms with E-state index in [1.54, 1.807) is 12.1 Å². The van der Waals surface area contributed by atoms with E-state index in [1.807, 2.05) is 18.2 Å². The number of esters is 1. The molecule has 0 bridgehead atoms. The summed E-state index contributed by atoms with van der Waals surface area (Å²) in [6.45, 7) is 0.500. The van der Waals surface area contributed by atoms with Crippen molar-refractivity contribution in [1.82, 2.24) is 0 Å². The summed E-state index contributed by atoms with van der Waals surface area (Å²) in [4.78, 5) is 11.4. The predicted octanol–water partition coefficient (Wildman–Crippen LogP) is 3.54. The molecule has 3 rings (SSSR count). The van der Waals surface area contributed by atoms with Crippen LogP contribution in [0.1, 0.15) is 33.5 Å². The Balaban J connectivity index is 1.63. The average molecular weight is 282 g/mol. The third-order valence-electron chi connectivity index (χ3n) is 3.85. The Kier molecular flexibility index (Phi) is 3.91.